The fraction of sp³-hybridized carbons (Fsp3) is 0.222. The average molecular weight is 233 g/mol. The molecule has 0 heterocycles. The maximum atomic E-state index is 12.8. The van der Waals surface area contributed by atoms with E-state index in [1.54, 1.807) is 0 Å². The zero-order valence-corrected chi connectivity index (χ0v) is 8.77. The quantitative estimate of drug-likeness (QED) is 0.713. The molecule has 15 heavy (non-hydrogen) atoms. The third-order valence-electron chi connectivity index (χ3n) is 1.78. The SMILES string of the molecule is NC(Cc1ccc(O)c(F)c1)C(=O)O.S. The van der Waals surface area contributed by atoms with Gasteiger partial charge >= 0.3 is 5.97 Å². The van der Waals surface area contributed by atoms with E-state index in [-0.39, 0.29) is 19.9 Å². The van der Waals surface area contributed by atoms with Crippen molar-refractivity contribution in [1.82, 2.24) is 0 Å². The third-order valence-corrected chi connectivity index (χ3v) is 1.78. The summed E-state index contributed by atoms with van der Waals surface area (Å²) in [5.74, 6) is -2.38. The van der Waals surface area contributed by atoms with Gasteiger partial charge in [0.25, 0.3) is 0 Å². The molecular formula is C9H12FNO3S. The second-order valence-electron chi connectivity index (χ2n) is 2.93. The van der Waals surface area contributed by atoms with Gasteiger partial charge in [-0.3, -0.25) is 4.79 Å². The lowest BCUT2D eigenvalue weighted by molar-refractivity contribution is -0.138. The van der Waals surface area contributed by atoms with Gasteiger partial charge < -0.3 is 15.9 Å². The molecule has 4 nitrogen and oxygen atoms in total. The van der Waals surface area contributed by atoms with E-state index >= 15 is 0 Å². The Morgan fingerprint density at radius 1 is 1.53 bits per heavy atom. The van der Waals surface area contributed by atoms with Gasteiger partial charge in [-0.2, -0.15) is 13.5 Å². The maximum Gasteiger partial charge on any atom is 0.320 e. The summed E-state index contributed by atoms with van der Waals surface area (Å²) in [4.78, 5) is 10.4. The largest absolute Gasteiger partial charge is 0.505 e. The van der Waals surface area contributed by atoms with Crippen LogP contribution in [0.3, 0.4) is 0 Å². The number of carboxylic acids is 1. The van der Waals surface area contributed by atoms with Crippen LogP contribution in [0, 0.1) is 5.82 Å². The number of rotatable bonds is 3. The van der Waals surface area contributed by atoms with Crippen LogP contribution in [0.1, 0.15) is 5.56 Å². The third kappa shape index (κ3) is 3.77. The molecule has 0 saturated carbocycles. The van der Waals surface area contributed by atoms with Gasteiger partial charge in [-0.15, -0.1) is 0 Å². The average Bonchev–Trinajstić information content (AvgIpc) is 2.11. The first-order valence-electron chi connectivity index (χ1n) is 3.96. The van der Waals surface area contributed by atoms with Crippen LogP contribution in [0.15, 0.2) is 18.2 Å². The van der Waals surface area contributed by atoms with Crippen LogP contribution in [0.4, 0.5) is 4.39 Å². The van der Waals surface area contributed by atoms with Gasteiger partial charge in [-0.1, -0.05) is 6.07 Å². The number of hydrogen-bond donors (Lipinski definition) is 3. The number of carbonyl (C=O) groups is 1. The van der Waals surface area contributed by atoms with E-state index in [1.165, 1.54) is 12.1 Å². The number of hydrogen-bond acceptors (Lipinski definition) is 3. The Morgan fingerprint density at radius 3 is 2.60 bits per heavy atom. The number of aromatic hydroxyl groups is 1. The van der Waals surface area contributed by atoms with E-state index in [2.05, 4.69) is 0 Å². The predicted octanol–water partition coefficient (Wildman–Crippen LogP) is 0.599. The summed E-state index contributed by atoms with van der Waals surface area (Å²) in [6, 6.07) is 2.61. The second-order valence-corrected chi connectivity index (χ2v) is 2.93. The van der Waals surface area contributed by atoms with Crippen LogP contribution < -0.4 is 5.73 Å². The van der Waals surface area contributed by atoms with Crippen molar-refractivity contribution in [2.45, 2.75) is 12.5 Å². The Kier molecular flexibility index (Phi) is 5.10. The molecule has 1 aromatic rings. The first kappa shape index (κ1) is 13.7. The van der Waals surface area contributed by atoms with Crippen molar-refractivity contribution in [2.24, 2.45) is 5.73 Å². The van der Waals surface area contributed by atoms with E-state index in [4.69, 9.17) is 15.9 Å². The summed E-state index contributed by atoms with van der Waals surface area (Å²) in [6.45, 7) is 0. The van der Waals surface area contributed by atoms with Crippen LogP contribution in [-0.2, 0) is 11.2 Å². The van der Waals surface area contributed by atoms with Crippen LogP contribution >= 0.6 is 13.5 Å². The standard InChI is InChI=1S/C9H10FNO3.H2S/c10-6-3-5(1-2-8(6)12)4-7(11)9(13)14;/h1-3,7,12H,4,11H2,(H,13,14);1H2. The normalized spacial score (nSPS) is 11.6. The highest BCUT2D eigenvalue weighted by molar-refractivity contribution is 7.59. The van der Waals surface area contributed by atoms with Crippen LogP contribution in [-0.4, -0.2) is 22.2 Å². The van der Waals surface area contributed by atoms with Gasteiger partial charge in [0, 0.05) is 0 Å². The van der Waals surface area contributed by atoms with Crippen molar-refractivity contribution >= 4 is 19.5 Å². The van der Waals surface area contributed by atoms with Crippen LogP contribution in [0.5, 0.6) is 5.75 Å². The van der Waals surface area contributed by atoms with Gasteiger partial charge in [0.15, 0.2) is 11.6 Å². The van der Waals surface area contributed by atoms with Crippen molar-refractivity contribution in [3.8, 4) is 5.75 Å². The number of phenols is 1. The van der Waals surface area contributed by atoms with Crippen molar-refractivity contribution in [3.05, 3.63) is 29.6 Å². The minimum atomic E-state index is -1.14. The number of nitrogens with two attached hydrogens (primary N) is 1. The summed E-state index contributed by atoms with van der Waals surface area (Å²) in [7, 11) is 0. The number of benzene rings is 1. The first-order valence-corrected chi connectivity index (χ1v) is 3.96. The summed E-state index contributed by atoms with van der Waals surface area (Å²) in [6.07, 6.45) is 0.0343. The van der Waals surface area contributed by atoms with E-state index in [1.807, 2.05) is 0 Å². The Labute approximate surface area is 93.0 Å². The molecule has 1 rings (SSSR count). The molecule has 0 bridgehead atoms. The van der Waals surface area contributed by atoms with Crippen molar-refractivity contribution < 1.29 is 19.4 Å². The molecule has 84 valence electrons. The molecule has 0 spiro atoms. The molecule has 0 amide bonds. The molecule has 0 saturated heterocycles. The molecule has 0 aliphatic heterocycles. The monoisotopic (exact) mass is 233 g/mol. The molecule has 1 atom stereocenters. The van der Waals surface area contributed by atoms with Gasteiger partial charge in [-0.25, -0.2) is 4.39 Å². The topological polar surface area (TPSA) is 83.5 Å². The summed E-state index contributed by atoms with van der Waals surface area (Å²) in [5.41, 5.74) is 5.69. The van der Waals surface area contributed by atoms with Crippen LogP contribution in [0.25, 0.3) is 0 Å². The zero-order chi connectivity index (χ0) is 10.7. The lowest BCUT2D eigenvalue weighted by Gasteiger charge is -2.06. The highest BCUT2D eigenvalue weighted by atomic mass is 32.1. The number of aliphatic carboxylic acids is 1. The molecule has 4 N–H and O–H groups in total. The minimum Gasteiger partial charge on any atom is -0.505 e. The van der Waals surface area contributed by atoms with Crippen molar-refractivity contribution in [3.63, 3.8) is 0 Å². The molecule has 0 aliphatic rings. The number of phenolic OH excluding ortho intramolecular Hbond substituents is 1. The molecular weight excluding hydrogens is 221 g/mol. The molecule has 6 heteroatoms. The van der Waals surface area contributed by atoms with Crippen molar-refractivity contribution in [2.75, 3.05) is 0 Å². The lowest BCUT2D eigenvalue weighted by Crippen LogP contribution is -2.32. The predicted molar refractivity (Wildman–Crippen MR) is 57.8 cm³/mol. The Morgan fingerprint density at radius 2 is 2.13 bits per heavy atom. The van der Waals surface area contributed by atoms with E-state index in [0.717, 1.165) is 6.07 Å². The van der Waals surface area contributed by atoms with E-state index < -0.39 is 23.6 Å². The fourth-order valence-corrected chi connectivity index (χ4v) is 1.02. The lowest BCUT2D eigenvalue weighted by atomic mass is 10.1. The maximum absolute atomic E-state index is 12.8. The van der Waals surface area contributed by atoms with Crippen LogP contribution in [0.2, 0.25) is 0 Å². The smallest absolute Gasteiger partial charge is 0.320 e. The molecule has 1 aromatic carbocycles. The highest BCUT2D eigenvalue weighted by Crippen LogP contribution is 2.16. The molecule has 0 aliphatic carbocycles. The fourth-order valence-electron chi connectivity index (χ4n) is 1.02. The van der Waals surface area contributed by atoms with E-state index in [0.29, 0.717) is 5.56 Å². The number of halogens is 1. The molecule has 1 unspecified atom stereocenters. The Hall–Kier alpha value is -1.27. The second kappa shape index (κ2) is 5.57. The summed E-state index contributed by atoms with van der Waals surface area (Å²) >= 11 is 0. The zero-order valence-electron chi connectivity index (χ0n) is 7.77. The Balaban J connectivity index is 0.00000196. The van der Waals surface area contributed by atoms with E-state index in [9.17, 15) is 9.18 Å². The molecule has 0 aromatic heterocycles. The highest BCUT2D eigenvalue weighted by Gasteiger charge is 2.12. The van der Waals surface area contributed by atoms with Gasteiger partial charge in [0.1, 0.15) is 6.04 Å². The van der Waals surface area contributed by atoms with Crippen molar-refractivity contribution in [1.29, 1.82) is 0 Å². The van der Waals surface area contributed by atoms with Gasteiger partial charge in [0.2, 0.25) is 0 Å². The summed E-state index contributed by atoms with van der Waals surface area (Å²) in [5, 5.41) is 17.4. The Bertz CT molecular complexity index is 359. The number of carboxylic acid groups (broad SMARTS) is 1. The van der Waals surface area contributed by atoms with Gasteiger partial charge in [-0.05, 0) is 24.1 Å². The first-order chi connectivity index (χ1) is 6.50. The summed E-state index contributed by atoms with van der Waals surface area (Å²) < 4.78 is 12.8. The van der Waals surface area contributed by atoms with Gasteiger partial charge in [0.05, 0.1) is 0 Å². The minimum absolute atomic E-state index is 0. The molecule has 0 fully saturated rings. The molecule has 0 radical (unpaired) electrons.